The predicted molar refractivity (Wildman–Crippen MR) is 82.1 cm³/mol. The van der Waals surface area contributed by atoms with Crippen LogP contribution in [-0.2, 0) is 4.79 Å². The third-order valence-corrected chi connectivity index (χ3v) is 3.04. The molecule has 6 N–H and O–H groups in total. The summed E-state index contributed by atoms with van der Waals surface area (Å²) in [7, 11) is 0. The van der Waals surface area contributed by atoms with Crippen LogP contribution in [0.15, 0.2) is 0 Å². The van der Waals surface area contributed by atoms with E-state index in [2.05, 4.69) is 6.92 Å². The molecule has 0 saturated heterocycles. The maximum absolute atomic E-state index is 10.5. The number of aliphatic hydroxyl groups excluding tert-OH is 3. The molecule has 128 valence electrons. The molecule has 0 rings (SSSR count). The van der Waals surface area contributed by atoms with Gasteiger partial charge in [-0.05, 0) is 13.3 Å². The van der Waals surface area contributed by atoms with Gasteiger partial charge in [0.1, 0.15) is 5.54 Å². The van der Waals surface area contributed by atoms with Crippen molar-refractivity contribution >= 4 is 5.97 Å². The van der Waals surface area contributed by atoms with Gasteiger partial charge in [-0.25, -0.2) is 0 Å². The average molecular weight is 308 g/mol. The summed E-state index contributed by atoms with van der Waals surface area (Å²) < 4.78 is 0. The lowest BCUT2D eigenvalue weighted by molar-refractivity contribution is -0.142. The monoisotopic (exact) mass is 308 g/mol. The molecule has 0 aliphatic carbocycles. The summed E-state index contributed by atoms with van der Waals surface area (Å²) in [6.07, 6.45) is 3.61. The van der Waals surface area contributed by atoms with Crippen LogP contribution in [0.1, 0.15) is 39.5 Å². The lowest BCUT2D eigenvalue weighted by Gasteiger charge is -2.18. The average Bonchev–Trinajstić information content (AvgIpc) is 2.40. The van der Waals surface area contributed by atoms with Crippen molar-refractivity contribution in [2.75, 3.05) is 39.5 Å². The second-order valence-electron chi connectivity index (χ2n) is 5.19. The highest BCUT2D eigenvalue weighted by Crippen LogP contribution is 2.11. The Kier molecular flexibility index (Phi) is 15.3. The van der Waals surface area contributed by atoms with E-state index in [1.165, 1.54) is 0 Å². The molecule has 0 spiro atoms. The number of unbranched alkanes of at least 4 members (excludes halogenated alkanes) is 2. The maximum Gasteiger partial charge on any atom is 0.323 e. The van der Waals surface area contributed by atoms with Crippen molar-refractivity contribution in [1.82, 2.24) is 4.90 Å². The Labute approximate surface area is 127 Å². The number of nitrogens with two attached hydrogens (primary N) is 1. The molecule has 0 saturated carbocycles. The minimum atomic E-state index is -1.03. The van der Waals surface area contributed by atoms with Crippen LogP contribution in [0.4, 0.5) is 0 Å². The fraction of sp³-hybridized carbons (Fsp3) is 0.929. The van der Waals surface area contributed by atoms with Crippen molar-refractivity contribution in [3.8, 4) is 0 Å². The van der Waals surface area contributed by atoms with Crippen LogP contribution in [0.3, 0.4) is 0 Å². The molecular formula is C14H32N2O5. The van der Waals surface area contributed by atoms with E-state index >= 15 is 0 Å². The Bertz CT molecular complexity index is 235. The highest BCUT2D eigenvalue weighted by Gasteiger charge is 2.26. The van der Waals surface area contributed by atoms with Gasteiger partial charge in [-0.1, -0.05) is 26.2 Å². The van der Waals surface area contributed by atoms with E-state index in [4.69, 9.17) is 26.2 Å². The van der Waals surface area contributed by atoms with E-state index in [-0.39, 0.29) is 19.8 Å². The molecule has 0 aromatic rings. The summed E-state index contributed by atoms with van der Waals surface area (Å²) in [5, 5.41) is 34.1. The number of aliphatic carboxylic acids is 1. The van der Waals surface area contributed by atoms with E-state index in [0.717, 1.165) is 19.3 Å². The van der Waals surface area contributed by atoms with Gasteiger partial charge in [0, 0.05) is 19.6 Å². The topological polar surface area (TPSA) is 127 Å². The third-order valence-electron chi connectivity index (χ3n) is 3.04. The minimum Gasteiger partial charge on any atom is -0.480 e. The second kappa shape index (κ2) is 14.2. The number of carboxylic acids is 1. The maximum atomic E-state index is 10.5. The fourth-order valence-corrected chi connectivity index (χ4v) is 1.61. The van der Waals surface area contributed by atoms with Gasteiger partial charge in [0.2, 0.25) is 0 Å². The number of carboxylic acid groups (broad SMARTS) is 1. The van der Waals surface area contributed by atoms with Crippen LogP contribution < -0.4 is 5.73 Å². The highest BCUT2D eigenvalue weighted by atomic mass is 16.4. The number of carbonyl (C=O) groups is 1. The molecule has 1 atom stereocenters. The van der Waals surface area contributed by atoms with Gasteiger partial charge in [0.05, 0.1) is 19.8 Å². The first-order valence-electron chi connectivity index (χ1n) is 7.42. The van der Waals surface area contributed by atoms with E-state index in [1.807, 2.05) is 0 Å². The minimum absolute atomic E-state index is 0.0694. The molecule has 0 bridgehead atoms. The van der Waals surface area contributed by atoms with Gasteiger partial charge in [-0.2, -0.15) is 0 Å². The van der Waals surface area contributed by atoms with Gasteiger partial charge in [-0.3, -0.25) is 9.69 Å². The van der Waals surface area contributed by atoms with Crippen molar-refractivity contribution in [3.63, 3.8) is 0 Å². The van der Waals surface area contributed by atoms with E-state index < -0.39 is 11.5 Å². The normalized spacial score (nSPS) is 13.5. The molecule has 0 aromatic carbocycles. The van der Waals surface area contributed by atoms with Gasteiger partial charge in [0.25, 0.3) is 0 Å². The number of nitrogens with zero attached hydrogens (tertiary/aromatic N) is 1. The molecule has 21 heavy (non-hydrogen) atoms. The molecule has 0 heterocycles. The van der Waals surface area contributed by atoms with Crippen molar-refractivity contribution < 1.29 is 25.2 Å². The standard InChI is InChI=1S/C8H17NO2.C6H15NO3/c1-3-4-5-6-8(2,9)7(10)11;8-4-1-7(2-5-9)3-6-10/h3-6,9H2,1-2H3,(H,10,11);8-10H,1-6H2. The van der Waals surface area contributed by atoms with E-state index in [1.54, 1.807) is 11.8 Å². The summed E-state index contributed by atoms with van der Waals surface area (Å²) >= 11 is 0. The fourth-order valence-electron chi connectivity index (χ4n) is 1.61. The van der Waals surface area contributed by atoms with Crippen molar-refractivity contribution in [2.45, 2.75) is 45.1 Å². The Balaban J connectivity index is 0. The highest BCUT2D eigenvalue weighted by molar-refractivity contribution is 5.77. The van der Waals surface area contributed by atoms with Gasteiger partial charge in [0.15, 0.2) is 0 Å². The summed E-state index contributed by atoms with van der Waals surface area (Å²) in [6, 6.07) is 0. The Morgan fingerprint density at radius 1 is 1.05 bits per heavy atom. The van der Waals surface area contributed by atoms with Crippen molar-refractivity contribution in [3.05, 3.63) is 0 Å². The van der Waals surface area contributed by atoms with Crippen LogP contribution in [0.5, 0.6) is 0 Å². The third kappa shape index (κ3) is 14.0. The van der Waals surface area contributed by atoms with Gasteiger partial charge < -0.3 is 26.2 Å². The summed E-state index contributed by atoms with van der Waals surface area (Å²) in [5.41, 5.74) is 4.47. The first-order valence-corrected chi connectivity index (χ1v) is 7.42. The van der Waals surface area contributed by atoms with Crippen LogP contribution in [0, 0.1) is 0 Å². The van der Waals surface area contributed by atoms with E-state index in [0.29, 0.717) is 26.1 Å². The van der Waals surface area contributed by atoms with Crippen LogP contribution in [-0.4, -0.2) is 76.3 Å². The molecule has 1 unspecified atom stereocenters. The molecular weight excluding hydrogens is 276 g/mol. The number of rotatable bonds is 11. The Morgan fingerprint density at radius 3 is 1.76 bits per heavy atom. The predicted octanol–water partition coefficient (Wildman–Crippen LogP) is -0.366. The molecule has 0 amide bonds. The molecule has 0 radical (unpaired) electrons. The second-order valence-corrected chi connectivity index (χ2v) is 5.19. The lowest BCUT2D eigenvalue weighted by atomic mass is 9.96. The molecule has 0 aromatic heterocycles. The quantitative estimate of drug-likeness (QED) is 0.330. The summed E-state index contributed by atoms with van der Waals surface area (Å²) in [5.74, 6) is -0.909. The molecule has 0 aliphatic rings. The number of hydrogen-bond acceptors (Lipinski definition) is 6. The zero-order valence-corrected chi connectivity index (χ0v) is 13.3. The number of aliphatic hydroxyl groups is 3. The van der Waals surface area contributed by atoms with Crippen LogP contribution in [0.2, 0.25) is 0 Å². The van der Waals surface area contributed by atoms with Crippen LogP contribution >= 0.6 is 0 Å². The zero-order valence-electron chi connectivity index (χ0n) is 13.3. The zero-order chi connectivity index (χ0) is 16.7. The molecule has 7 nitrogen and oxygen atoms in total. The largest absolute Gasteiger partial charge is 0.480 e. The lowest BCUT2D eigenvalue weighted by Crippen LogP contribution is -2.44. The van der Waals surface area contributed by atoms with Crippen molar-refractivity contribution in [2.24, 2.45) is 5.73 Å². The first kappa shape index (κ1) is 22.5. The van der Waals surface area contributed by atoms with E-state index in [9.17, 15) is 4.79 Å². The molecule has 7 heteroatoms. The van der Waals surface area contributed by atoms with Crippen LogP contribution in [0.25, 0.3) is 0 Å². The smallest absolute Gasteiger partial charge is 0.323 e. The Morgan fingerprint density at radius 2 is 1.48 bits per heavy atom. The molecule has 0 aliphatic heterocycles. The van der Waals surface area contributed by atoms with Gasteiger partial charge >= 0.3 is 5.97 Å². The first-order chi connectivity index (χ1) is 9.85. The number of hydrogen-bond donors (Lipinski definition) is 5. The summed E-state index contributed by atoms with van der Waals surface area (Å²) in [4.78, 5) is 12.3. The van der Waals surface area contributed by atoms with Crippen molar-refractivity contribution in [1.29, 1.82) is 0 Å². The molecule has 0 fully saturated rings. The Hall–Kier alpha value is -0.730. The SMILES string of the molecule is CCCCCC(C)(N)C(=O)O.OCCN(CCO)CCO. The van der Waals surface area contributed by atoms with Gasteiger partial charge in [-0.15, -0.1) is 0 Å². The summed E-state index contributed by atoms with van der Waals surface area (Å²) in [6.45, 7) is 5.39.